The number of nitrogens with zero attached hydrogens (tertiary/aromatic N) is 1. The molecule has 0 saturated carbocycles. The quantitative estimate of drug-likeness (QED) is 0.531. The molecule has 1 heterocycles. The molecule has 0 bridgehead atoms. The maximum Gasteiger partial charge on any atom is 0.162 e. The van der Waals surface area contributed by atoms with Crippen LogP contribution in [0, 0.1) is 11.3 Å². The fraction of sp³-hybridized carbons (Fsp3) is 0.136. The molecular weight excluding hydrogens is 397 g/mol. The van der Waals surface area contributed by atoms with E-state index in [4.69, 9.17) is 42.7 Å². The molecule has 3 aromatic carbocycles. The Morgan fingerprint density at radius 3 is 2.54 bits per heavy atom. The van der Waals surface area contributed by atoms with Crippen LogP contribution in [0.1, 0.15) is 22.8 Å². The number of ether oxygens (including phenoxy) is 3. The van der Waals surface area contributed by atoms with Crippen LogP contribution in [0.2, 0.25) is 10.0 Å². The second kappa shape index (κ2) is 8.02. The van der Waals surface area contributed by atoms with E-state index < -0.39 is 0 Å². The Hall–Kier alpha value is -2.87. The molecular formula is C22H15Cl2NO3. The topological polar surface area (TPSA) is 51.5 Å². The predicted molar refractivity (Wildman–Crippen MR) is 107 cm³/mol. The Balaban J connectivity index is 1.40. The molecule has 0 spiro atoms. The minimum absolute atomic E-state index is 0.218. The zero-order valence-corrected chi connectivity index (χ0v) is 16.2. The van der Waals surface area contributed by atoms with Crippen LogP contribution >= 0.6 is 23.2 Å². The van der Waals surface area contributed by atoms with E-state index in [1.54, 1.807) is 30.3 Å². The van der Waals surface area contributed by atoms with Gasteiger partial charge in [-0.25, -0.2) is 0 Å². The highest BCUT2D eigenvalue weighted by molar-refractivity contribution is 6.42. The highest BCUT2D eigenvalue weighted by atomic mass is 35.5. The summed E-state index contributed by atoms with van der Waals surface area (Å²) in [6.07, 6.45) is -0.218. The van der Waals surface area contributed by atoms with Crippen molar-refractivity contribution in [1.29, 1.82) is 5.26 Å². The summed E-state index contributed by atoms with van der Waals surface area (Å²) in [5, 5.41) is 10.00. The smallest absolute Gasteiger partial charge is 0.162 e. The van der Waals surface area contributed by atoms with E-state index in [1.807, 2.05) is 30.3 Å². The van der Waals surface area contributed by atoms with E-state index >= 15 is 0 Å². The monoisotopic (exact) mass is 411 g/mol. The Morgan fingerprint density at radius 2 is 1.79 bits per heavy atom. The summed E-state index contributed by atoms with van der Waals surface area (Å²) in [5.41, 5.74) is 2.47. The number of hydrogen-bond donors (Lipinski definition) is 0. The fourth-order valence-electron chi connectivity index (χ4n) is 2.88. The van der Waals surface area contributed by atoms with Crippen molar-refractivity contribution in [2.75, 3.05) is 6.61 Å². The summed E-state index contributed by atoms with van der Waals surface area (Å²) in [4.78, 5) is 0. The molecule has 0 unspecified atom stereocenters. The Labute approximate surface area is 172 Å². The molecule has 4 nitrogen and oxygen atoms in total. The van der Waals surface area contributed by atoms with Crippen molar-refractivity contribution < 1.29 is 14.2 Å². The van der Waals surface area contributed by atoms with Gasteiger partial charge < -0.3 is 14.2 Å². The van der Waals surface area contributed by atoms with Crippen molar-refractivity contribution in [2.24, 2.45) is 0 Å². The van der Waals surface area contributed by atoms with Gasteiger partial charge in [0.05, 0.1) is 21.7 Å². The van der Waals surface area contributed by atoms with Gasteiger partial charge in [0.25, 0.3) is 0 Å². The van der Waals surface area contributed by atoms with Gasteiger partial charge in [-0.05, 0) is 47.5 Å². The maximum absolute atomic E-state index is 8.97. The Morgan fingerprint density at radius 1 is 0.964 bits per heavy atom. The van der Waals surface area contributed by atoms with Crippen LogP contribution in [0.15, 0.2) is 60.7 Å². The molecule has 0 N–H and O–H groups in total. The first-order valence-corrected chi connectivity index (χ1v) is 9.38. The molecule has 1 aliphatic rings. The molecule has 1 aliphatic heterocycles. The third-order valence-corrected chi connectivity index (χ3v) is 5.11. The number of benzene rings is 3. The van der Waals surface area contributed by atoms with Gasteiger partial charge in [0.1, 0.15) is 19.0 Å². The van der Waals surface area contributed by atoms with Crippen LogP contribution in [0.5, 0.6) is 17.2 Å². The summed E-state index contributed by atoms with van der Waals surface area (Å²) in [7, 11) is 0. The summed E-state index contributed by atoms with van der Waals surface area (Å²) in [5.74, 6) is 1.97. The summed E-state index contributed by atoms with van der Waals surface area (Å²) < 4.78 is 17.6. The Kier molecular flexibility index (Phi) is 5.29. The minimum Gasteiger partial charge on any atom is -0.489 e. The number of fused-ring (bicyclic) bond motifs is 1. The lowest BCUT2D eigenvalue weighted by molar-refractivity contribution is 0.0912. The van der Waals surface area contributed by atoms with Gasteiger partial charge in [-0.1, -0.05) is 41.4 Å². The molecule has 0 fully saturated rings. The molecule has 28 heavy (non-hydrogen) atoms. The highest BCUT2D eigenvalue weighted by Gasteiger charge is 2.23. The molecule has 0 saturated heterocycles. The molecule has 6 heteroatoms. The third-order valence-electron chi connectivity index (χ3n) is 4.37. The minimum atomic E-state index is -0.218. The lowest BCUT2D eigenvalue weighted by Gasteiger charge is -2.27. The van der Waals surface area contributed by atoms with Gasteiger partial charge in [0.15, 0.2) is 17.6 Å². The second-order valence-electron chi connectivity index (χ2n) is 6.30. The van der Waals surface area contributed by atoms with Crippen molar-refractivity contribution in [3.8, 4) is 23.3 Å². The van der Waals surface area contributed by atoms with Crippen LogP contribution in [0.3, 0.4) is 0 Å². The van der Waals surface area contributed by atoms with Crippen LogP contribution < -0.4 is 14.2 Å². The lowest BCUT2D eigenvalue weighted by atomic mass is 10.1. The largest absolute Gasteiger partial charge is 0.489 e. The van der Waals surface area contributed by atoms with Crippen molar-refractivity contribution >= 4 is 23.2 Å². The SMILES string of the molecule is N#Cc1ccc2c(c1)OC[C@H](c1ccc(OCc3ccc(Cl)c(Cl)c3)cc1)O2. The summed E-state index contributed by atoms with van der Waals surface area (Å²) >= 11 is 12.0. The van der Waals surface area contributed by atoms with Gasteiger partial charge in [-0.2, -0.15) is 5.26 Å². The molecule has 0 radical (unpaired) electrons. The fourth-order valence-corrected chi connectivity index (χ4v) is 3.20. The normalized spacial score (nSPS) is 15.0. The molecule has 0 aliphatic carbocycles. The number of nitriles is 1. The first-order chi connectivity index (χ1) is 13.6. The molecule has 1 atom stereocenters. The van der Waals surface area contributed by atoms with Crippen molar-refractivity contribution in [1.82, 2.24) is 0 Å². The average molecular weight is 412 g/mol. The molecule has 0 aromatic heterocycles. The van der Waals surface area contributed by atoms with Gasteiger partial charge in [-0.15, -0.1) is 0 Å². The van der Waals surface area contributed by atoms with Crippen LogP contribution in [0.4, 0.5) is 0 Å². The number of hydrogen-bond acceptors (Lipinski definition) is 4. The van der Waals surface area contributed by atoms with Gasteiger partial charge in [0, 0.05) is 6.07 Å². The molecule has 3 aromatic rings. The van der Waals surface area contributed by atoms with E-state index in [9.17, 15) is 0 Å². The Bertz CT molecular complexity index is 1040. The van der Waals surface area contributed by atoms with Gasteiger partial charge in [-0.3, -0.25) is 0 Å². The standard InChI is InChI=1S/C22H15Cl2NO3/c23-18-7-1-15(9-19(18)24)12-26-17-5-3-16(4-6-17)22-13-27-21-10-14(11-25)2-8-20(21)28-22/h1-10,22H,12-13H2/t22-/m1/s1. The van der Waals surface area contributed by atoms with Crippen molar-refractivity contribution in [3.63, 3.8) is 0 Å². The second-order valence-corrected chi connectivity index (χ2v) is 7.11. The van der Waals surface area contributed by atoms with Crippen LogP contribution in [-0.2, 0) is 6.61 Å². The van der Waals surface area contributed by atoms with E-state index in [0.717, 1.165) is 16.9 Å². The van der Waals surface area contributed by atoms with Crippen LogP contribution in [0.25, 0.3) is 0 Å². The average Bonchev–Trinajstić information content (AvgIpc) is 2.74. The summed E-state index contributed by atoms with van der Waals surface area (Å²) in [6.45, 7) is 0.777. The van der Waals surface area contributed by atoms with E-state index in [-0.39, 0.29) is 6.10 Å². The zero-order valence-electron chi connectivity index (χ0n) is 14.7. The number of halogens is 2. The van der Waals surface area contributed by atoms with E-state index in [0.29, 0.717) is 40.3 Å². The van der Waals surface area contributed by atoms with E-state index in [1.165, 1.54) is 0 Å². The number of rotatable bonds is 4. The van der Waals surface area contributed by atoms with Gasteiger partial charge in [0.2, 0.25) is 0 Å². The highest BCUT2D eigenvalue weighted by Crippen LogP contribution is 2.37. The van der Waals surface area contributed by atoms with Crippen molar-refractivity contribution in [3.05, 3.63) is 87.4 Å². The van der Waals surface area contributed by atoms with E-state index in [2.05, 4.69) is 6.07 Å². The van der Waals surface area contributed by atoms with Crippen LogP contribution in [-0.4, -0.2) is 6.61 Å². The third kappa shape index (κ3) is 4.01. The first-order valence-electron chi connectivity index (χ1n) is 8.62. The lowest BCUT2D eigenvalue weighted by Crippen LogP contribution is -2.21. The molecule has 4 rings (SSSR count). The maximum atomic E-state index is 8.97. The predicted octanol–water partition coefficient (Wildman–Crippen LogP) is 5.96. The molecule has 0 amide bonds. The summed E-state index contributed by atoms with van der Waals surface area (Å²) in [6, 6.07) is 20.4. The first kappa shape index (κ1) is 18.5. The van der Waals surface area contributed by atoms with Gasteiger partial charge >= 0.3 is 0 Å². The molecule has 140 valence electrons. The van der Waals surface area contributed by atoms with Crippen molar-refractivity contribution in [2.45, 2.75) is 12.7 Å². The zero-order chi connectivity index (χ0) is 19.5.